The number of nitrogens with zero attached hydrogens (tertiary/aromatic N) is 1. The molecule has 0 bridgehead atoms. The van der Waals surface area contributed by atoms with Gasteiger partial charge in [-0.25, -0.2) is 5.43 Å². The first kappa shape index (κ1) is 17.5. The van der Waals surface area contributed by atoms with Crippen molar-refractivity contribution >= 4 is 28.1 Å². The number of ether oxygens (including phenoxy) is 2. The zero-order chi connectivity index (χ0) is 17.8. The van der Waals surface area contributed by atoms with Gasteiger partial charge in [-0.2, -0.15) is 5.10 Å². The van der Waals surface area contributed by atoms with Gasteiger partial charge in [0.15, 0.2) is 0 Å². The minimum Gasteiger partial charge on any atom is -0.493 e. The van der Waals surface area contributed by atoms with Crippen LogP contribution < -0.4 is 14.9 Å². The van der Waals surface area contributed by atoms with Gasteiger partial charge >= 0.3 is 0 Å². The highest BCUT2D eigenvalue weighted by molar-refractivity contribution is 9.10. The van der Waals surface area contributed by atoms with Crippen molar-refractivity contribution in [2.45, 2.75) is 26.4 Å². The number of hydrazone groups is 1. The summed E-state index contributed by atoms with van der Waals surface area (Å²) in [4.78, 5) is 12.2. The molecule has 0 unspecified atom stereocenters. The van der Waals surface area contributed by atoms with Gasteiger partial charge in [-0.15, -0.1) is 0 Å². The lowest BCUT2D eigenvalue weighted by Gasteiger charge is -2.09. The van der Waals surface area contributed by atoms with Gasteiger partial charge < -0.3 is 9.47 Å². The van der Waals surface area contributed by atoms with Crippen LogP contribution in [0.5, 0.6) is 11.5 Å². The number of carbonyl (C=O) groups excluding carboxylic acids is 1. The number of fused-ring (bicyclic) bond motifs is 1. The highest BCUT2D eigenvalue weighted by atomic mass is 79.9. The monoisotopic (exact) mass is 402 g/mol. The van der Waals surface area contributed by atoms with Crippen molar-refractivity contribution in [2.24, 2.45) is 5.10 Å². The van der Waals surface area contributed by atoms with E-state index in [9.17, 15) is 4.79 Å². The summed E-state index contributed by atoms with van der Waals surface area (Å²) in [6, 6.07) is 11.1. The van der Waals surface area contributed by atoms with E-state index in [1.165, 1.54) is 0 Å². The van der Waals surface area contributed by atoms with E-state index in [0.717, 1.165) is 33.5 Å². The molecule has 0 spiro atoms. The Bertz CT molecular complexity index is 820. The summed E-state index contributed by atoms with van der Waals surface area (Å²) in [7, 11) is 0. The van der Waals surface area contributed by atoms with Crippen LogP contribution in [-0.2, 0) is 6.42 Å². The Morgan fingerprint density at radius 1 is 1.44 bits per heavy atom. The fourth-order valence-electron chi connectivity index (χ4n) is 2.70. The smallest absolute Gasteiger partial charge is 0.272 e. The van der Waals surface area contributed by atoms with E-state index in [1.807, 2.05) is 38.1 Å². The summed E-state index contributed by atoms with van der Waals surface area (Å²) >= 11 is 3.36. The molecular weight excluding hydrogens is 384 g/mol. The van der Waals surface area contributed by atoms with Gasteiger partial charge in [0, 0.05) is 22.0 Å². The summed E-state index contributed by atoms with van der Waals surface area (Å²) in [6.07, 6.45) is 2.60. The highest BCUT2D eigenvalue weighted by Crippen LogP contribution is 2.34. The zero-order valence-corrected chi connectivity index (χ0v) is 15.7. The zero-order valence-electron chi connectivity index (χ0n) is 14.1. The van der Waals surface area contributed by atoms with Crippen LogP contribution in [-0.4, -0.2) is 24.8 Å². The number of amides is 1. The minimum absolute atomic E-state index is 0.159. The molecule has 1 aliphatic rings. The van der Waals surface area contributed by atoms with Crippen molar-refractivity contribution < 1.29 is 14.3 Å². The molecule has 3 rings (SSSR count). The predicted octanol–water partition coefficient (Wildman–Crippen LogP) is 3.94. The largest absolute Gasteiger partial charge is 0.493 e. The van der Waals surface area contributed by atoms with Crippen molar-refractivity contribution in [3.63, 3.8) is 0 Å². The lowest BCUT2D eigenvalue weighted by molar-refractivity contribution is 0.0954. The first-order valence-electron chi connectivity index (χ1n) is 8.12. The second-order valence-corrected chi connectivity index (χ2v) is 6.60. The van der Waals surface area contributed by atoms with Crippen LogP contribution in [0.4, 0.5) is 0 Å². The summed E-state index contributed by atoms with van der Waals surface area (Å²) in [6.45, 7) is 4.52. The molecule has 0 aliphatic carbocycles. The van der Waals surface area contributed by atoms with Gasteiger partial charge in [0.1, 0.15) is 17.6 Å². The maximum absolute atomic E-state index is 12.2. The van der Waals surface area contributed by atoms with Crippen molar-refractivity contribution in [1.29, 1.82) is 0 Å². The Balaban J connectivity index is 1.78. The summed E-state index contributed by atoms with van der Waals surface area (Å²) in [5, 5.41) is 4.07. The van der Waals surface area contributed by atoms with Crippen LogP contribution in [0.2, 0.25) is 0 Å². The van der Waals surface area contributed by atoms with Crippen LogP contribution in [0, 0.1) is 0 Å². The number of halogens is 1. The van der Waals surface area contributed by atoms with E-state index in [1.54, 1.807) is 18.3 Å². The number of nitrogens with one attached hydrogen (secondary N) is 1. The van der Waals surface area contributed by atoms with E-state index in [2.05, 4.69) is 26.5 Å². The molecule has 5 nitrogen and oxygen atoms in total. The molecular formula is C19H19BrN2O3. The maximum atomic E-state index is 12.2. The van der Waals surface area contributed by atoms with Gasteiger partial charge in [0.2, 0.25) is 0 Å². The van der Waals surface area contributed by atoms with Crippen LogP contribution in [0.25, 0.3) is 0 Å². The topological polar surface area (TPSA) is 59.9 Å². The van der Waals surface area contributed by atoms with Crippen molar-refractivity contribution in [2.75, 3.05) is 6.61 Å². The molecule has 0 fully saturated rings. The van der Waals surface area contributed by atoms with E-state index in [0.29, 0.717) is 12.2 Å². The predicted molar refractivity (Wildman–Crippen MR) is 101 cm³/mol. The van der Waals surface area contributed by atoms with Gasteiger partial charge in [-0.05, 0) is 54.0 Å². The summed E-state index contributed by atoms with van der Waals surface area (Å²) in [5.74, 6) is 1.29. The molecule has 0 saturated carbocycles. The van der Waals surface area contributed by atoms with E-state index in [-0.39, 0.29) is 12.0 Å². The molecule has 1 heterocycles. The van der Waals surface area contributed by atoms with Gasteiger partial charge in [-0.1, -0.05) is 12.1 Å². The average Bonchev–Trinajstić information content (AvgIpc) is 2.94. The number of hydrogen-bond donors (Lipinski definition) is 1. The maximum Gasteiger partial charge on any atom is 0.272 e. The standard InChI is InChI=1S/C19H19BrN2O3/c1-3-24-17-9-13-8-12(2)25-18(13)10-14(17)11-21-22-19(23)15-6-4-5-7-16(15)20/h4-7,9-12H,3,8H2,1-2H3,(H,22,23)/b21-11-/t12-/m0/s1. The minimum atomic E-state index is -0.285. The third-order valence-corrected chi connectivity index (χ3v) is 4.51. The fourth-order valence-corrected chi connectivity index (χ4v) is 3.17. The molecule has 1 atom stereocenters. The van der Waals surface area contributed by atoms with Gasteiger partial charge in [0.25, 0.3) is 5.91 Å². The summed E-state index contributed by atoms with van der Waals surface area (Å²) in [5.41, 5.74) is 4.96. The third-order valence-electron chi connectivity index (χ3n) is 3.82. The molecule has 25 heavy (non-hydrogen) atoms. The van der Waals surface area contributed by atoms with E-state index < -0.39 is 0 Å². The van der Waals surface area contributed by atoms with Crippen LogP contribution >= 0.6 is 15.9 Å². The Kier molecular flexibility index (Phi) is 5.38. The van der Waals surface area contributed by atoms with Gasteiger partial charge in [0.05, 0.1) is 18.4 Å². The fraction of sp³-hybridized carbons (Fsp3) is 0.263. The quantitative estimate of drug-likeness (QED) is 0.608. The Labute approximate surface area is 155 Å². The SMILES string of the molecule is CCOc1cc2c(cc1/C=N\NC(=O)c1ccccc1Br)O[C@@H](C)C2. The first-order chi connectivity index (χ1) is 12.1. The van der Waals surface area contributed by atoms with Gasteiger partial charge in [-0.3, -0.25) is 4.79 Å². The Morgan fingerprint density at radius 2 is 2.24 bits per heavy atom. The molecule has 130 valence electrons. The third kappa shape index (κ3) is 4.02. The molecule has 6 heteroatoms. The number of rotatable bonds is 5. The van der Waals surface area contributed by atoms with Crippen LogP contribution in [0.3, 0.4) is 0 Å². The molecule has 0 saturated heterocycles. The molecule has 0 aromatic heterocycles. The molecule has 1 aliphatic heterocycles. The summed E-state index contributed by atoms with van der Waals surface area (Å²) < 4.78 is 12.2. The Hall–Kier alpha value is -2.34. The molecule has 0 radical (unpaired) electrons. The highest BCUT2D eigenvalue weighted by Gasteiger charge is 2.21. The van der Waals surface area contributed by atoms with Crippen LogP contribution in [0.1, 0.15) is 35.3 Å². The molecule has 1 amide bonds. The van der Waals surface area contributed by atoms with Crippen LogP contribution in [0.15, 0.2) is 46.0 Å². The second-order valence-electron chi connectivity index (χ2n) is 5.74. The number of carbonyl (C=O) groups is 1. The normalized spacial score (nSPS) is 15.7. The van der Waals surface area contributed by atoms with Crippen molar-refractivity contribution in [1.82, 2.24) is 5.43 Å². The van der Waals surface area contributed by atoms with E-state index >= 15 is 0 Å². The first-order valence-corrected chi connectivity index (χ1v) is 8.92. The van der Waals surface area contributed by atoms with Crippen molar-refractivity contribution in [3.05, 3.63) is 57.6 Å². The average molecular weight is 403 g/mol. The second kappa shape index (κ2) is 7.70. The molecule has 2 aromatic carbocycles. The van der Waals surface area contributed by atoms with E-state index in [4.69, 9.17) is 9.47 Å². The van der Waals surface area contributed by atoms with Crippen molar-refractivity contribution in [3.8, 4) is 11.5 Å². The lowest BCUT2D eigenvalue weighted by Crippen LogP contribution is -2.18. The molecule has 2 aromatic rings. The number of hydrogen-bond acceptors (Lipinski definition) is 4. The molecule has 1 N–H and O–H groups in total. The Morgan fingerprint density at radius 3 is 3.00 bits per heavy atom. The number of benzene rings is 2. The lowest BCUT2D eigenvalue weighted by atomic mass is 10.1.